The van der Waals surface area contributed by atoms with Crippen molar-refractivity contribution in [1.29, 1.82) is 0 Å². The molecule has 0 bridgehead atoms. The average Bonchev–Trinajstić information content (AvgIpc) is 2.43. The van der Waals surface area contributed by atoms with Gasteiger partial charge in [0.25, 0.3) is 0 Å². The van der Waals surface area contributed by atoms with E-state index in [1.807, 2.05) is 0 Å². The first-order chi connectivity index (χ1) is 9.51. The molecule has 0 heterocycles. The van der Waals surface area contributed by atoms with Crippen molar-refractivity contribution < 1.29 is 4.39 Å². The summed E-state index contributed by atoms with van der Waals surface area (Å²) in [4.78, 5) is 2.52. The maximum atomic E-state index is 14.1. The molecule has 1 aromatic carbocycles. The lowest BCUT2D eigenvalue weighted by atomic mass is 10.2. The predicted octanol–water partition coefficient (Wildman–Crippen LogP) is 3.37. The van der Waals surface area contributed by atoms with Gasteiger partial charge in [0.1, 0.15) is 4.99 Å². The van der Waals surface area contributed by atoms with Crippen molar-refractivity contribution in [1.82, 2.24) is 4.90 Å². The van der Waals surface area contributed by atoms with E-state index in [9.17, 15) is 4.39 Å². The van der Waals surface area contributed by atoms with Crippen molar-refractivity contribution >= 4 is 38.8 Å². The third kappa shape index (κ3) is 4.68. The van der Waals surface area contributed by atoms with Gasteiger partial charge in [0, 0.05) is 12.1 Å². The van der Waals surface area contributed by atoms with Crippen LogP contribution in [0.25, 0.3) is 0 Å². The fraction of sp³-hybridized carbons (Fsp3) is 0.500. The standard InChI is InChI=1S/C14H21BrFN3S/c1-3-19(4-2)9-5-8-18-11-7-6-10(14(17)20)12(15)13(11)16/h6-7,18H,3-5,8-9H2,1-2H3,(H2,17,20). The van der Waals surface area contributed by atoms with Crippen molar-refractivity contribution in [3.8, 4) is 0 Å². The van der Waals surface area contributed by atoms with Gasteiger partial charge in [0.2, 0.25) is 0 Å². The lowest BCUT2D eigenvalue weighted by Gasteiger charge is -2.18. The Morgan fingerprint density at radius 2 is 2.05 bits per heavy atom. The van der Waals surface area contributed by atoms with Crippen LogP contribution in [0.15, 0.2) is 16.6 Å². The monoisotopic (exact) mass is 361 g/mol. The molecule has 0 atom stereocenters. The van der Waals surface area contributed by atoms with Crippen molar-refractivity contribution in [3.63, 3.8) is 0 Å². The van der Waals surface area contributed by atoms with E-state index in [0.717, 1.165) is 32.6 Å². The Balaban J connectivity index is 2.57. The minimum absolute atomic E-state index is 0.184. The van der Waals surface area contributed by atoms with Gasteiger partial charge in [-0.25, -0.2) is 4.39 Å². The van der Waals surface area contributed by atoms with E-state index in [1.165, 1.54) is 0 Å². The molecule has 0 saturated heterocycles. The number of rotatable bonds is 8. The first kappa shape index (κ1) is 17.3. The van der Waals surface area contributed by atoms with Crippen LogP contribution >= 0.6 is 28.1 Å². The summed E-state index contributed by atoms with van der Waals surface area (Å²) in [7, 11) is 0. The Bertz CT molecular complexity index is 464. The number of benzene rings is 1. The molecule has 0 spiro atoms. The molecule has 1 aromatic rings. The number of nitrogens with one attached hydrogen (secondary N) is 1. The Hall–Kier alpha value is -0.720. The third-order valence-electron chi connectivity index (χ3n) is 3.21. The molecule has 0 aliphatic carbocycles. The largest absolute Gasteiger partial charge is 0.389 e. The Kier molecular flexibility index (Phi) is 7.40. The van der Waals surface area contributed by atoms with Gasteiger partial charge < -0.3 is 16.0 Å². The Morgan fingerprint density at radius 1 is 1.40 bits per heavy atom. The fourth-order valence-corrected chi connectivity index (χ4v) is 2.80. The molecule has 0 aliphatic rings. The summed E-state index contributed by atoms with van der Waals surface area (Å²) in [5, 5.41) is 3.11. The quantitative estimate of drug-likeness (QED) is 0.550. The lowest BCUT2D eigenvalue weighted by Crippen LogP contribution is -2.25. The number of nitrogens with two attached hydrogens (primary N) is 1. The molecule has 0 aliphatic heterocycles. The maximum absolute atomic E-state index is 14.1. The van der Waals surface area contributed by atoms with Crippen molar-refractivity contribution in [2.75, 3.05) is 31.5 Å². The number of halogens is 2. The zero-order valence-electron chi connectivity index (χ0n) is 11.9. The summed E-state index contributed by atoms with van der Waals surface area (Å²) in [6.45, 7) is 8.10. The van der Waals surface area contributed by atoms with Crippen LogP contribution in [-0.2, 0) is 0 Å². The van der Waals surface area contributed by atoms with E-state index in [4.69, 9.17) is 18.0 Å². The summed E-state index contributed by atoms with van der Waals surface area (Å²) < 4.78 is 14.4. The predicted molar refractivity (Wildman–Crippen MR) is 90.9 cm³/mol. The van der Waals surface area contributed by atoms with Crippen molar-refractivity contribution in [2.45, 2.75) is 20.3 Å². The average molecular weight is 362 g/mol. The normalized spacial score (nSPS) is 10.8. The summed E-state index contributed by atoms with van der Waals surface area (Å²) in [5.41, 5.74) is 6.52. The fourth-order valence-electron chi connectivity index (χ4n) is 1.94. The van der Waals surface area contributed by atoms with Crippen LogP contribution in [0.3, 0.4) is 0 Å². The molecule has 0 amide bonds. The second-order valence-corrected chi connectivity index (χ2v) is 5.69. The van der Waals surface area contributed by atoms with Crippen molar-refractivity contribution in [3.05, 3.63) is 28.0 Å². The topological polar surface area (TPSA) is 41.3 Å². The molecule has 20 heavy (non-hydrogen) atoms. The molecule has 112 valence electrons. The van der Waals surface area contributed by atoms with Gasteiger partial charge in [0.05, 0.1) is 10.2 Å². The summed E-state index contributed by atoms with van der Waals surface area (Å²) >= 11 is 8.06. The highest BCUT2D eigenvalue weighted by Crippen LogP contribution is 2.27. The van der Waals surface area contributed by atoms with Gasteiger partial charge in [-0.3, -0.25) is 0 Å². The van der Waals surface area contributed by atoms with E-state index < -0.39 is 0 Å². The number of anilines is 1. The van der Waals surface area contributed by atoms with Gasteiger partial charge in [-0.2, -0.15) is 0 Å². The van der Waals surface area contributed by atoms with Gasteiger partial charge in [-0.05, 0) is 54.1 Å². The van der Waals surface area contributed by atoms with E-state index in [2.05, 4.69) is 40.0 Å². The molecule has 1 rings (SSSR count). The molecule has 0 unspecified atom stereocenters. The number of hydrogen-bond donors (Lipinski definition) is 2. The third-order valence-corrected chi connectivity index (χ3v) is 4.20. The van der Waals surface area contributed by atoms with Crippen molar-refractivity contribution in [2.24, 2.45) is 5.73 Å². The van der Waals surface area contributed by atoms with Crippen LogP contribution < -0.4 is 11.1 Å². The first-order valence-corrected chi connectivity index (χ1v) is 7.95. The summed E-state index contributed by atoms with van der Waals surface area (Å²) in [6.07, 6.45) is 0.968. The molecule has 0 aromatic heterocycles. The van der Waals surface area contributed by atoms with Crippen LogP contribution in [0.4, 0.5) is 10.1 Å². The molecule has 6 heteroatoms. The van der Waals surface area contributed by atoms with E-state index >= 15 is 0 Å². The van der Waals surface area contributed by atoms with E-state index in [0.29, 0.717) is 15.7 Å². The first-order valence-electron chi connectivity index (χ1n) is 6.75. The molecule has 0 fully saturated rings. The highest BCUT2D eigenvalue weighted by atomic mass is 79.9. The number of nitrogens with zero attached hydrogens (tertiary/aromatic N) is 1. The van der Waals surface area contributed by atoms with Gasteiger partial charge in [0.15, 0.2) is 5.82 Å². The summed E-state index contributed by atoms with van der Waals surface area (Å²) in [6, 6.07) is 3.40. The van der Waals surface area contributed by atoms with Crippen LogP contribution in [0.1, 0.15) is 25.8 Å². The number of thiocarbonyl (C=S) groups is 1. The van der Waals surface area contributed by atoms with Gasteiger partial charge in [-0.1, -0.05) is 26.1 Å². The zero-order valence-corrected chi connectivity index (χ0v) is 14.3. The Labute approximate surface area is 133 Å². The van der Waals surface area contributed by atoms with E-state index in [-0.39, 0.29) is 10.8 Å². The second kappa shape index (κ2) is 8.54. The SMILES string of the molecule is CCN(CC)CCCNc1ccc(C(N)=S)c(Br)c1F. The molecular formula is C14H21BrFN3S. The highest BCUT2D eigenvalue weighted by molar-refractivity contribution is 9.10. The smallest absolute Gasteiger partial charge is 0.161 e. The van der Waals surface area contributed by atoms with Crippen LogP contribution in [0, 0.1) is 5.82 Å². The lowest BCUT2D eigenvalue weighted by molar-refractivity contribution is 0.303. The second-order valence-electron chi connectivity index (χ2n) is 4.46. The van der Waals surface area contributed by atoms with Crippen LogP contribution in [0.5, 0.6) is 0 Å². The summed E-state index contributed by atoms with van der Waals surface area (Å²) in [5.74, 6) is -0.349. The maximum Gasteiger partial charge on any atom is 0.161 e. The molecule has 3 N–H and O–H groups in total. The van der Waals surface area contributed by atoms with Crippen LogP contribution in [-0.4, -0.2) is 36.1 Å². The zero-order chi connectivity index (χ0) is 15.1. The number of hydrogen-bond acceptors (Lipinski definition) is 3. The van der Waals surface area contributed by atoms with Gasteiger partial charge in [-0.15, -0.1) is 0 Å². The molecule has 0 radical (unpaired) electrons. The van der Waals surface area contributed by atoms with Crippen LogP contribution in [0.2, 0.25) is 0 Å². The Morgan fingerprint density at radius 3 is 2.60 bits per heavy atom. The van der Waals surface area contributed by atoms with E-state index in [1.54, 1.807) is 12.1 Å². The molecule has 0 saturated carbocycles. The molecule has 3 nitrogen and oxygen atoms in total. The molecular weight excluding hydrogens is 341 g/mol. The minimum Gasteiger partial charge on any atom is -0.389 e. The van der Waals surface area contributed by atoms with Gasteiger partial charge >= 0.3 is 0 Å². The highest BCUT2D eigenvalue weighted by Gasteiger charge is 2.12. The minimum atomic E-state index is -0.349.